The zero-order chi connectivity index (χ0) is 15.5. The van der Waals surface area contributed by atoms with Gasteiger partial charge in [-0.05, 0) is 49.6 Å². The number of ether oxygens (including phenoxy) is 1. The monoisotopic (exact) mass is 312 g/mol. The number of hydrogen-bond acceptors (Lipinski definition) is 5. The Hall–Kier alpha value is -1.44. The van der Waals surface area contributed by atoms with Crippen LogP contribution < -0.4 is 5.73 Å². The average Bonchev–Trinajstić information content (AvgIpc) is 2.54. The molecule has 1 fully saturated rings. The van der Waals surface area contributed by atoms with Gasteiger partial charge in [0.05, 0.1) is 17.6 Å². The van der Waals surface area contributed by atoms with Crippen molar-refractivity contribution in [3.8, 4) is 0 Å². The van der Waals surface area contributed by atoms with Crippen molar-refractivity contribution in [3.63, 3.8) is 0 Å². The molecule has 2 rings (SSSR count). The molecule has 7 heteroatoms. The highest BCUT2D eigenvalue weighted by Gasteiger charge is 2.29. The van der Waals surface area contributed by atoms with E-state index in [0.29, 0.717) is 25.2 Å². The molecule has 21 heavy (non-hydrogen) atoms. The van der Waals surface area contributed by atoms with Crippen LogP contribution in [0.5, 0.6) is 0 Å². The molecule has 0 radical (unpaired) electrons. The van der Waals surface area contributed by atoms with E-state index in [2.05, 4.69) is 4.74 Å². The van der Waals surface area contributed by atoms with E-state index in [1.807, 2.05) is 0 Å². The zero-order valence-corrected chi connectivity index (χ0v) is 12.8. The fourth-order valence-corrected chi connectivity index (χ4v) is 4.02. The molecule has 1 atom stereocenters. The summed E-state index contributed by atoms with van der Waals surface area (Å²) in [4.78, 5) is 11.5. The summed E-state index contributed by atoms with van der Waals surface area (Å²) in [5, 5.41) is 0. The summed E-state index contributed by atoms with van der Waals surface area (Å²) in [6.45, 7) is 1.46. The van der Waals surface area contributed by atoms with Crippen molar-refractivity contribution in [1.29, 1.82) is 0 Å². The van der Waals surface area contributed by atoms with E-state index < -0.39 is 16.0 Å². The van der Waals surface area contributed by atoms with Crippen LogP contribution in [0.2, 0.25) is 0 Å². The first-order chi connectivity index (χ1) is 9.98. The van der Waals surface area contributed by atoms with Crippen molar-refractivity contribution in [2.24, 2.45) is 11.7 Å². The number of carbonyl (C=O) groups is 1. The second-order valence-electron chi connectivity index (χ2n) is 5.12. The van der Waals surface area contributed by atoms with Crippen molar-refractivity contribution < 1.29 is 17.9 Å². The molecule has 116 valence electrons. The molecule has 1 saturated heterocycles. The summed E-state index contributed by atoms with van der Waals surface area (Å²) < 4.78 is 31.2. The van der Waals surface area contributed by atoms with Crippen LogP contribution in [-0.4, -0.2) is 45.4 Å². The number of esters is 1. The molecule has 1 aromatic carbocycles. The Morgan fingerprint density at radius 2 is 2.05 bits per heavy atom. The fourth-order valence-electron chi connectivity index (χ4n) is 2.47. The molecule has 0 saturated carbocycles. The maximum atomic E-state index is 12.6. The number of nitrogens with two attached hydrogens (primary N) is 1. The molecular weight excluding hydrogens is 292 g/mol. The lowest BCUT2D eigenvalue weighted by molar-refractivity contribution is 0.0600. The van der Waals surface area contributed by atoms with E-state index in [4.69, 9.17) is 5.73 Å². The highest BCUT2D eigenvalue weighted by Crippen LogP contribution is 2.23. The number of carbonyl (C=O) groups excluding carboxylic acids is 1. The third-order valence-electron chi connectivity index (χ3n) is 3.73. The molecule has 0 spiro atoms. The van der Waals surface area contributed by atoms with Crippen molar-refractivity contribution in [2.75, 3.05) is 26.7 Å². The summed E-state index contributed by atoms with van der Waals surface area (Å²) in [6, 6.07) is 5.80. The summed E-state index contributed by atoms with van der Waals surface area (Å²) in [6.07, 6.45) is 1.78. The zero-order valence-electron chi connectivity index (χ0n) is 12.0. The van der Waals surface area contributed by atoms with Crippen LogP contribution in [-0.2, 0) is 14.8 Å². The molecule has 1 aliphatic rings. The molecule has 0 bridgehead atoms. The second-order valence-corrected chi connectivity index (χ2v) is 7.06. The van der Waals surface area contributed by atoms with Gasteiger partial charge < -0.3 is 10.5 Å². The molecule has 1 aromatic rings. The quantitative estimate of drug-likeness (QED) is 0.832. The van der Waals surface area contributed by atoms with Gasteiger partial charge >= 0.3 is 5.97 Å². The molecule has 0 aromatic heterocycles. The van der Waals surface area contributed by atoms with Gasteiger partial charge in [-0.3, -0.25) is 0 Å². The van der Waals surface area contributed by atoms with Crippen LogP contribution in [0.4, 0.5) is 0 Å². The Morgan fingerprint density at radius 1 is 1.38 bits per heavy atom. The minimum Gasteiger partial charge on any atom is -0.465 e. The summed E-state index contributed by atoms with van der Waals surface area (Å²) in [5.41, 5.74) is 5.97. The van der Waals surface area contributed by atoms with Crippen molar-refractivity contribution in [2.45, 2.75) is 17.7 Å². The highest BCUT2D eigenvalue weighted by molar-refractivity contribution is 7.89. The predicted octanol–water partition coefficient (Wildman–Crippen LogP) is 0.833. The smallest absolute Gasteiger partial charge is 0.337 e. The van der Waals surface area contributed by atoms with E-state index in [0.717, 1.165) is 12.8 Å². The Kier molecular flexibility index (Phi) is 4.97. The Balaban J connectivity index is 2.21. The lowest BCUT2D eigenvalue weighted by Crippen LogP contribution is -2.41. The fraction of sp³-hybridized carbons (Fsp3) is 0.500. The van der Waals surface area contributed by atoms with E-state index >= 15 is 0 Å². The van der Waals surface area contributed by atoms with Crippen LogP contribution in [0.15, 0.2) is 29.2 Å². The topological polar surface area (TPSA) is 89.7 Å². The van der Waals surface area contributed by atoms with Gasteiger partial charge in [-0.2, -0.15) is 4.31 Å². The molecule has 0 amide bonds. The summed E-state index contributed by atoms with van der Waals surface area (Å²) in [5.74, 6) is -0.275. The lowest BCUT2D eigenvalue weighted by Gasteiger charge is -2.31. The van der Waals surface area contributed by atoms with Crippen LogP contribution in [0.25, 0.3) is 0 Å². The number of hydrogen-bond donors (Lipinski definition) is 1. The Morgan fingerprint density at radius 3 is 2.62 bits per heavy atom. The number of nitrogens with zero attached hydrogens (tertiary/aromatic N) is 1. The minimum atomic E-state index is -3.53. The maximum absolute atomic E-state index is 12.6. The Labute approximate surface area is 124 Å². The largest absolute Gasteiger partial charge is 0.465 e. The number of piperidine rings is 1. The average molecular weight is 312 g/mol. The SMILES string of the molecule is COC(=O)c1ccc(S(=O)(=O)N2CCCC(CN)C2)cc1. The van der Waals surface area contributed by atoms with E-state index in [9.17, 15) is 13.2 Å². The van der Waals surface area contributed by atoms with Gasteiger partial charge in [0.1, 0.15) is 0 Å². The maximum Gasteiger partial charge on any atom is 0.337 e. The van der Waals surface area contributed by atoms with Crippen LogP contribution in [0, 0.1) is 5.92 Å². The first-order valence-electron chi connectivity index (χ1n) is 6.87. The van der Waals surface area contributed by atoms with E-state index in [1.165, 1.54) is 35.7 Å². The molecule has 1 aliphatic heterocycles. The summed E-state index contributed by atoms with van der Waals surface area (Å²) >= 11 is 0. The van der Waals surface area contributed by atoms with E-state index in [1.54, 1.807) is 0 Å². The van der Waals surface area contributed by atoms with E-state index in [-0.39, 0.29) is 10.8 Å². The first kappa shape index (κ1) is 15.9. The third-order valence-corrected chi connectivity index (χ3v) is 5.61. The molecule has 6 nitrogen and oxygen atoms in total. The van der Waals surface area contributed by atoms with Crippen LogP contribution in [0.3, 0.4) is 0 Å². The molecule has 1 unspecified atom stereocenters. The first-order valence-corrected chi connectivity index (χ1v) is 8.31. The van der Waals surface area contributed by atoms with Gasteiger partial charge in [-0.25, -0.2) is 13.2 Å². The van der Waals surface area contributed by atoms with Crippen molar-refractivity contribution >= 4 is 16.0 Å². The predicted molar refractivity (Wildman–Crippen MR) is 78.3 cm³/mol. The molecule has 2 N–H and O–H groups in total. The van der Waals surface area contributed by atoms with Gasteiger partial charge in [-0.15, -0.1) is 0 Å². The normalized spacial score (nSPS) is 20.2. The molecular formula is C14H20N2O4S. The number of sulfonamides is 1. The van der Waals surface area contributed by atoms with Gasteiger partial charge in [0.2, 0.25) is 10.0 Å². The van der Waals surface area contributed by atoms with Gasteiger partial charge in [0.15, 0.2) is 0 Å². The van der Waals surface area contributed by atoms with Crippen LogP contribution in [0.1, 0.15) is 23.2 Å². The standard InChI is InChI=1S/C14H20N2O4S/c1-20-14(17)12-4-6-13(7-5-12)21(18,19)16-8-2-3-11(9-15)10-16/h4-7,11H,2-3,8-10,15H2,1H3. The minimum absolute atomic E-state index is 0.188. The van der Waals surface area contributed by atoms with Gasteiger partial charge in [-0.1, -0.05) is 0 Å². The lowest BCUT2D eigenvalue weighted by atomic mass is 10.0. The number of methoxy groups -OCH3 is 1. The summed E-state index contributed by atoms with van der Waals surface area (Å²) in [7, 11) is -2.24. The van der Waals surface area contributed by atoms with Crippen molar-refractivity contribution in [1.82, 2.24) is 4.31 Å². The van der Waals surface area contributed by atoms with Gasteiger partial charge in [0, 0.05) is 13.1 Å². The van der Waals surface area contributed by atoms with Crippen molar-refractivity contribution in [3.05, 3.63) is 29.8 Å². The number of rotatable bonds is 4. The third kappa shape index (κ3) is 3.42. The molecule has 0 aliphatic carbocycles. The highest BCUT2D eigenvalue weighted by atomic mass is 32.2. The van der Waals surface area contributed by atoms with Gasteiger partial charge in [0.25, 0.3) is 0 Å². The number of benzene rings is 1. The van der Waals surface area contributed by atoms with Crippen LogP contribution >= 0.6 is 0 Å². The second kappa shape index (κ2) is 6.55. The molecule has 1 heterocycles. The Bertz CT molecular complexity index is 598.